The summed E-state index contributed by atoms with van der Waals surface area (Å²) in [4.78, 5) is 28.0. The van der Waals surface area contributed by atoms with Gasteiger partial charge in [0.1, 0.15) is 11.9 Å². The third-order valence-electron chi connectivity index (χ3n) is 7.82. The van der Waals surface area contributed by atoms with Gasteiger partial charge >= 0.3 is 6.03 Å². The lowest BCUT2D eigenvalue weighted by atomic mass is 9.96. The molecule has 4 rings (SSSR count). The Labute approximate surface area is 247 Å². The second-order valence-corrected chi connectivity index (χ2v) is 13.5. The first-order valence-corrected chi connectivity index (χ1v) is 15.8. The summed E-state index contributed by atoms with van der Waals surface area (Å²) in [5.74, 6) is -0.342. The van der Waals surface area contributed by atoms with Gasteiger partial charge in [0.05, 0.1) is 29.7 Å². The average Bonchev–Trinajstić information content (AvgIpc) is 2.95. The molecule has 1 aliphatic carbocycles. The van der Waals surface area contributed by atoms with Crippen molar-refractivity contribution in [3.63, 3.8) is 0 Å². The Morgan fingerprint density at radius 2 is 1.85 bits per heavy atom. The molecule has 2 aliphatic rings. The highest BCUT2D eigenvalue weighted by Gasteiger charge is 2.35. The molecule has 10 nitrogen and oxygen atoms in total. The van der Waals surface area contributed by atoms with E-state index in [1.165, 1.54) is 42.0 Å². The second kappa shape index (κ2) is 13.4. The number of fused-ring (bicyclic) bond motifs is 1. The highest BCUT2D eigenvalue weighted by atomic mass is 35.5. The fourth-order valence-corrected chi connectivity index (χ4v) is 6.56. The zero-order valence-corrected chi connectivity index (χ0v) is 25.2. The number of sulfonamides is 1. The first-order valence-electron chi connectivity index (χ1n) is 14.0. The van der Waals surface area contributed by atoms with Gasteiger partial charge in [0, 0.05) is 36.3 Å². The molecule has 3 N–H and O–H groups in total. The van der Waals surface area contributed by atoms with Crippen LogP contribution < -0.4 is 15.4 Å². The third-order valence-corrected chi connectivity index (χ3v) is 9.91. The lowest BCUT2D eigenvalue weighted by Gasteiger charge is -2.38. The smallest absolute Gasteiger partial charge is 0.319 e. The number of aliphatic hydroxyl groups excluding tert-OH is 1. The van der Waals surface area contributed by atoms with E-state index in [1.54, 1.807) is 30.0 Å². The topological polar surface area (TPSA) is 128 Å². The Balaban J connectivity index is 1.59. The molecule has 1 fully saturated rings. The first kappa shape index (κ1) is 31.1. The van der Waals surface area contributed by atoms with Gasteiger partial charge in [-0.3, -0.25) is 4.79 Å². The molecule has 3 amide bonds. The summed E-state index contributed by atoms with van der Waals surface area (Å²) < 4.78 is 34.1. The quantitative estimate of drug-likeness (QED) is 0.410. The van der Waals surface area contributed by atoms with Crippen molar-refractivity contribution in [2.75, 3.05) is 32.1 Å². The zero-order chi connectivity index (χ0) is 29.7. The lowest BCUT2D eigenvalue weighted by molar-refractivity contribution is 0.0387. The lowest BCUT2D eigenvalue weighted by Crippen LogP contribution is -2.50. The van der Waals surface area contributed by atoms with E-state index >= 15 is 0 Å². The number of likely N-dealkylation sites (N-methyl/N-ethyl adjacent to an activating group) is 1. The molecule has 2 aromatic rings. The third kappa shape index (κ3) is 7.51. The molecule has 12 heteroatoms. The largest absolute Gasteiger partial charge is 0.488 e. The molecule has 3 atom stereocenters. The number of benzene rings is 2. The molecule has 0 saturated heterocycles. The fourth-order valence-electron chi connectivity index (χ4n) is 5.26. The van der Waals surface area contributed by atoms with Crippen LogP contribution in [0.15, 0.2) is 47.4 Å². The average molecular weight is 607 g/mol. The van der Waals surface area contributed by atoms with Crippen LogP contribution in [0.2, 0.25) is 5.02 Å². The van der Waals surface area contributed by atoms with Crippen LogP contribution in [-0.2, 0) is 10.0 Å². The van der Waals surface area contributed by atoms with Gasteiger partial charge in [-0.2, -0.15) is 4.31 Å². The highest BCUT2D eigenvalue weighted by molar-refractivity contribution is 7.89. The predicted octanol–water partition coefficient (Wildman–Crippen LogP) is 4.34. The SMILES string of the molecule is C[C@@H]1CN([C@@H](C)CO)C(=O)c2cc(NC(=O)NC3CCCCC3)ccc2O[C@@H]1CN(C)S(=O)(=O)c1ccc(Cl)cc1. The van der Waals surface area contributed by atoms with Gasteiger partial charge in [0.15, 0.2) is 0 Å². The number of anilines is 1. The number of rotatable bonds is 8. The number of hydrogen-bond acceptors (Lipinski definition) is 6. The van der Waals surface area contributed by atoms with Crippen LogP contribution in [0.5, 0.6) is 5.75 Å². The van der Waals surface area contributed by atoms with Gasteiger partial charge < -0.3 is 25.4 Å². The number of nitrogens with zero attached hydrogens (tertiary/aromatic N) is 2. The fraction of sp³-hybridized carbons (Fsp3) is 0.517. The molecule has 2 aromatic carbocycles. The van der Waals surface area contributed by atoms with Crippen LogP contribution in [0.3, 0.4) is 0 Å². The van der Waals surface area contributed by atoms with Gasteiger partial charge in [-0.1, -0.05) is 37.8 Å². The summed E-state index contributed by atoms with van der Waals surface area (Å²) in [6.45, 7) is 3.64. The van der Waals surface area contributed by atoms with Crippen molar-refractivity contribution in [1.82, 2.24) is 14.5 Å². The van der Waals surface area contributed by atoms with Gasteiger partial charge in [-0.15, -0.1) is 0 Å². The maximum absolute atomic E-state index is 13.7. The number of halogens is 1. The molecule has 0 aromatic heterocycles. The maximum atomic E-state index is 13.7. The van der Waals surface area contributed by atoms with E-state index in [9.17, 15) is 23.1 Å². The number of carbonyl (C=O) groups excluding carboxylic acids is 2. The predicted molar refractivity (Wildman–Crippen MR) is 158 cm³/mol. The van der Waals surface area contributed by atoms with Crippen LogP contribution >= 0.6 is 11.6 Å². The molecular formula is C29H39ClN4O6S. The first-order chi connectivity index (χ1) is 19.5. The normalized spacial score (nSPS) is 20.9. The Hall–Kier alpha value is -2.86. The summed E-state index contributed by atoms with van der Waals surface area (Å²) in [5, 5.41) is 16.2. The van der Waals surface area contributed by atoms with E-state index in [2.05, 4.69) is 10.6 Å². The van der Waals surface area contributed by atoms with Gasteiger partial charge in [-0.25, -0.2) is 13.2 Å². The van der Waals surface area contributed by atoms with E-state index in [1.807, 2.05) is 6.92 Å². The molecular weight excluding hydrogens is 568 g/mol. The van der Waals surface area contributed by atoms with E-state index in [-0.39, 0.29) is 59.8 Å². The zero-order valence-electron chi connectivity index (χ0n) is 23.7. The summed E-state index contributed by atoms with van der Waals surface area (Å²) in [6.07, 6.45) is 4.63. The number of urea groups is 1. The van der Waals surface area contributed by atoms with Crippen LogP contribution in [-0.4, -0.2) is 79.6 Å². The maximum Gasteiger partial charge on any atom is 0.319 e. The van der Waals surface area contributed by atoms with Crippen LogP contribution in [0, 0.1) is 5.92 Å². The number of carbonyl (C=O) groups is 2. The van der Waals surface area contributed by atoms with Gasteiger partial charge in [0.25, 0.3) is 5.91 Å². The molecule has 0 spiro atoms. The van der Waals surface area contributed by atoms with E-state index in [0.717, 1.165) is 25.7 Å². The number of ether oxygens (including phenoxy) is 1. The van der Waals surface area contributed by atoms with E-state index in [0.29, 0.717) is 10.7 Å². The van der Waals surface area contributed by atoms with Crippen molar-refractivity contribution in [2.24, 2.45) is 5.92 Å². The standard InChI is InChI=1S/C29H39ClN4O6S/c1-19-16-34(20(2)18-35)28(36)25-15-23(32-29(37)31-22-7-5-4-6-8-22)11-14-26(25)40-27(19)17-33(3)41(38,39)24-12-9-21(30)10-13-24/h9-15,19-20,22,27,35H,4-8,16-18H2,1-3H3,(H2,31,32,37)/t19-,20+,27-/m1/s1. The van der Waals surface area contributed by atoms with Gasteiger partial charge in [-0.05, 0) is 62.2 Å². The Bertz CT molecular complexity index is 1330. The summed E-state index contributed by atoms with van der Waals surface area (Å²) >= 11 is 5.94. The number of aliphatic hydroxyl groups is 1. The number of nitrogens with one attached hydrogen (secondary N) is 2. The Kier molecular flexibility index (Phi) is 10.2. The molecule has 1 aliphatic heterocycles. The highest BCUT2D eigenvalue weighted by Crippen LogP contribution is 2.31. The Morgan fingerprint density at radius 3 is 2.51 bits per heavy atom. The molecule has 0 unspecified atom stereocenters. The van der Waals surface area contributed by atoms with Crippen molar-refractivity contribution < 1.29 is 27.9 Å². The summed E-state index contributed by atoms with van der Waals surface area (Å²) in [6, 6.07) is 10.1. The van der Waals surface area contributed by atoms with Crippen LogP contribution in [0.1, 0.15) is 56.3 Å². The summed E-state index contributed by atoms with van der Waals surface area (Å²) in [5.41, 5.74) is 0.652. The van der Waals surface area contributed by atoms with Crippen molar-refractivity contribution in [3.05, 3.63) is 53.1 Å². The van der Waals surface area contributed by atoms with Gasteiger partial charge in [0.2, 0.25) is 10.0 Å². The minimum absolute atomic E-state index is 0.0187. The molecule has 0 radical (unpaired) electrons. The molecule has 1 saturated carbocycles. The number of hydrogen-bond donors (Lipinski definition) is 3. The molecule has 1 heterocycles. The van der Waals surface area contributed by atoms with E-state index < -0.39 is 22.2 Å². The van der Waals surface area contributed by atoms with E-state index in [4.69, 9.17) is 16.3 Å². The molecule has 41 heavy (non-hydrogen) atoms. The van der Waals surface area contributed by atoms with Crippen molar-refractivity contribution in [3.8, 4) is 5.75 Å². The monoisotopic (exact) mass is 606 g/mol. The number of amides is 3. The van der Waals surface area contributed by atoms with Crippen LogP contribution in [0.4, 0.5) is 10.5 Å². The molecule has 224 valence electrons. The van der Waals surface area contributed by atoms with Crippen molar-refractivity contribution >= 4 is 39.2 Å². The molecule has 0 bridgehead atoms. The van der Waals surface area contributed by atoms with Crippen molar-refractivity contribution in [1.29, 1.82) is 0 Å². The minimum atomic E-state index is -3.84. The summed E-state index contributed by atoms with van der Waals surface area (Å²) in [7, 11) is -2.35. The Morgan fingerprint density at radius 1 is 1.17 bits per heavy atom. The second-order valence-electron chi connectivity index (χ2n) is 11.0. The van der Waals surface area contributed by atoms with Crippen molar-refractivity contribution in [2.45, 2.75) is 69.0 Å². The minimum Gasteiger partial charge on any atom is -0.488 e. The van der Waals surface area contributed by atoms with Crippen LogP contribution in [0.25, 0.3) is 0 Å².